The fourth-order valence-corrected chi connectivity index (χ4v) is 4.08. The standard InChI is InChI=1S/C23H28FN7O4/c1-4-34-19-8-9-25-23(28-19)26-12-17-21(29-30-31(17)3)20-16(24)11-18(13(2)27-20)35-15-7-5-6-14(10-15)22(32)33/h8-9,11,14-15H,4-7,10,12H2,1-3H3,(H,32,33)(H,25,26,28)/t14-,15-/m0/s1. The Morgan fingerprint density at radius 3 is 2.91 bits per heavy atom. The van der Waals surface area contributed by atoms with E-state index in [1.54, 1.807) is 26.2 Å². The highest BCUT2D eigenvalue weighted by Gasteiger charge is 2.29. The van der Waals surface area contributed by atoms with E-state index in [1.807, 2.05) is 6.92 Å². The zero-order valence-corrected chi connectivity index (χ0v) is 19.9. The predicted molar refractivity (Wildman–Crippen MR) is 123 cm³/mol. The van der Waals surface area contributed by atoms with Gasteiger partial charge in [-0.25, -0.2) is 19.0 Å². The van der Waals surface area contributed by atoms with Crippen LogP contribution in [0.1, 0.15) is 44.0 Å². The summed E-state index contributed by atoms with van der Waals surface area (Å²) in [5.74, 6) is -0.782. The third-order valence-corrected chi connectivity index (χ3v) is 5.89. The summed E-state index contributed by atoms with van der Waals surface area (Å²) in [5, 5.41) is 20.5. The van der Waals surface area contributed by atoms with Gasteiger partial charge in [0.2, 0.25) is 11.8 Å². The highest BCUT2D eigenvalue weighted by Crippen LogP contribution is 2.32. The number of pyridine rings is 1. The van der Waals surface area contributed by atoms with Crippen molar-refractivity contribution in [3.8, 4) is 23.0 Å². The maximum absolute atomic E-state index is 15.2. The summed E-state index contributed by atoms with van der Waals surface area (Å²) in [4.78, 5) is 24.2. The number of hydrogen-bond donors (Lipinski definition) is 2. The number of anilines is 1. The normalized spacial score (nSPS) is 17.7. The molecule has 3 aromatic rings. The van der Waals surface area contributed by atoms with Gasteiger partial charge in [-0.05, 0) is 39.5 Å². The number of ether oxygens (including phenoxy) is 2. The van der Waals surface area contributed by atoms with Gasteiger partial charge in [-0.1, -0.05) is 5.21 Å². The smallest absolute Gasteiger partial charge is 0.306 e. The minimum Gasteiger partial charge on any atom is -0.488 e. The van der Waals surface area contributed by atoms with E-state index in [1.165, 1.54) is 10.7 Å². The lowest BCUT2D eigenvalue weighted by atomic mass is 9.87. The van der Waals surface area contributed by atoms with E-state index < -0.39 is 17.7 Å². The van der Waals surface area contributed by atoms with Gasteiger partial charge in [0.1, 0.15) is 17.1 Å². The molecular formula is C23H28FN7O4. The number of nitrogens with one attached hydrogen (secondary N) is 1. The number of nitrogens with zero attached hydrogens (tertiary/aromatic N) is 6. The SMILES string of the molecule is CCOc1ccnc(NCc2c(-c3nc(C)c(O[C@H]4CCC[C@H](C(=O)O)C4)cc3F)nnn2C)n1. The van der Waals surface area contributed by atoms with Crippen LogP contribution in [0.4, 0.5) is 10.3 Å². The van der Waals surface area contributed by atoms with Crippen molar-refractivity contribution in [1.82, 2.24) is 29.9 Å². The first-order valence-electron chi connectivity index (χ1n) is 11.5. The van der Waals surface area contributed by atoms with Crippen LogP contribution < -0.4 is 14.8 Å². The molecule has 1 saturated carbocycles. The van der Waals surface area contributed by atoms with Gasteiger partial charge in [-0.3, -0.25) is 4.79 Å². The molecule has 3 aromatic heterocycles. The van der Waals surface area contributed by atoms with Gasteiger partial charge in [0, 0.05) is 25.4 Å². The number of carboxylic acid groups (broad SMARTS) is 1. The van der Waals surface area contributed by atoms with Crippen LogP contribution in [0.3, 0.4) is 0 Å². The zero-order valence-electron chi connectivity index (χ0n) is 19.9. The van der Waals surface area contributed by atoms with Crippen molar-refractivity contribution in [1.29, 1.82) is 0 Å². The molecule has 186 valence electrons. The molecule has 35 heavy (non-hydrogen) atoms. The number of carboxylic acids is 1. The Morgan fingerprint density at radius 2 is 2.14 bits per heavy atom. The summed E-state index contributed by atoms with van der Waals surface area (Å²) >= 11 is 0. The van der Waals surface area contributed by atoms with Crippen molar-refractivity contribution < 1.29 is 23.8 Å². The molecule has 3 heterocycles. The number of aliphatic carboxylic acids is 1. The van der Waals surface area contributed by atoms with E-state index in [4.69, 9.17) is 9.47 Å². The van der Waals surface area contributed by atoms with Crippen LogP contribution >= 0.6 is 0 Å². The zero-order chi connectivity index (χ0) is 24.9. The minimum atomic E-state index is -0.825. The van der Waals surface area contributed by atoms with Gasteiger partial charge >= 0.3 is 5.97 Å². The topological polar surface area (TPSA) is 137 Å². The lowest BCUT2D eigenvalue weighted by Gasteiger charge is -2.27. The van der Waals surface area contributed by atoms with Crippen molar-refractivity contribution in [3.05, 3.63) is 35.5 Å². The molecule has 0 amide bonds. The Morgan fingerprint density at radius 1 is 1.31 bits per heavy atom. The predicted octanol–water partition coefficient (Wildman–Crippen LogP) is 3.15. The van der Waals surface area contributed by atoms with Crippen LogP contribution in [-0.2, 0) is 18.4 Å². The van der Waals surface area contributed by atoms with E-state index in [2.05, 4.69) is 30.6 Å². The van der Waals surface area contributed by atoms with Gasteiger partial charge in [0.05, 0.1) is 36.6 Å². The third kappa shape index (κ3) is 5.64. The third-order valence-electron chi connectivity index (χ3n) is 5.89. The summed E-state index contributed by atoms with van der Waals surface area (Å²) in [6.45, 7) is 4.30. The fraction of sp³-hybridized carbons (Fsp3) is 0.478. The van der Waals surface area contributed by atoms with Crippen LogP contribution in [0.15, 0.2) is 18.3 Å². The second-order valence-electron chi connectivity index (χ2n) is 8.36. The quantitative estimate of drug-likeness (QED) is 0.465. The Hall–Kier alpha value is -3.83. The lowest BCUT2D eigenvalue weighted by molar-refractivity contribution is -0.143. The van der Waals surface area contributed by atoms with Crippen LogP contribution in [-0.4, -0.2) is 53.7 Å². The van der Waals surface area contributed by atoms with Gasteiger partial charge in [-0.2, -0.15) is 4.98 Å². The van der Waals surface area contributed by atoms with Crippen molar-refractivity contribution in [2.75, 3.05) is 11.9 Å². The van der Waals surface area contributed by atoms with Crippen LogP contribution in [0.5, 0.6) is 11.6 Å². The molecular weight excluding hydrogens is 457 g/mol. The Kier molecular flexibility index (Phi) is 7.37. The van der Waals surface area contributed by atoms with Crippen LogP contribution in [0.25, 0.3) is 11.4 Å². The van der Waals surface area contributed by atoms with E-state index in [0.717, 1.165) is 12.8 Å². The molecule has 0 spiro atoms. The molecule has 12 heteroatoms. The first-order valence-corrected chi connectivity index (χ1v) is 11.5. The van der Waals surface area contributed by atoms with Gasteiger partial charge in [0.25, 0.3) is 0 Å². The molecule has 0 unspecified atom stereocenters. The summed E-state index contributed by atoms with van der Waals surface area (Å²) in [6, 6.07) is 2.94. The molecule has 1 aliphatic carbocycles. The second kappa shape index (κ2) is 10.6. The van der Waals surface area contributed by atoms with Crippen LogP contribution in [0.2, 0.25) is 0 Å². The fourth-order valence-electron chi connectivity index (χ4n) is 4.08. The lowest BCUT2D eigenvalue weighted by Crippen LogP contribution is -2.29. The van der Waals surface area contributed by atoms with E-state index >= 15 is 4.39 Å². The van der Waals surface area contributed by atoms with Crippen molar-refractivity contribution in [2.45, 2.75) is 52.2 Å². The van der Waals surface area contributed by atoms with E-state index in [0.29, 0.717) is 48.4 Å². The molecule has 0 saturated heterocycles. The van der Waals surface area contributed by atoms with Crippen molar-refractivity contribution >= 4 is 11.9 Å². The molecule has 1 aliphatic rings. The molecule has 1 fully saturated rings. The van der Waals surface area contributed by atoms with E-state index in [9.17, 15) is 9.90 Å². The van der Waals surface area contributed by atoms with Gasteiger partial charge < -0.3 is 19.9 Å². The number of aryl methyl sites for hydroxylation is 2. The average molecular weight is 486 g/mol. The van der Waals surface area contributed by atoms with Crippen molar-refractivity contribution in [2.24, 2.45) is 13.0 Å². The average Bonchev–Trinajstić information content (AvgIpc) is 3.20. The van der Waals surface area contributed by atoms with Crippen LogP contribution in [0, 0.1) is 18.7 Å². The van der Waals surface area contributed by atoms with Crippen molar-refractivity contribution in [3.63, 3.8) is 0 Å². The Bertz CT molecular complexity index is 1200. The summed E-state index contributed by atoms with van der Waals surface area (Å²) in [6.07, 6.45) is 3.78. The number of rotatable bonds is 9. The minimum absolute atomic E-state index is 0.0517. The van der Waals surface area contributed by atoms with Gasteiger partial charge in [0.15, 0.2) is 5.82 Å². The molecule has 2 atom stereocenters. The molecule has 0 radical (unpaired) electrons. The summed E-state index contributed by atoms with van der Waals surface area (Å²) < 4.78 is 28.1. The number of aromatic nitrogens is 6. The molecule has 0 bridgehead atoms. The maximum atomic E-state index is 15.2. The number of carbonyl (C=O) groups is 1. The molecule has 2 N–H and O–H groups in total. The molecule has 11 nitrogen and oxygen atoms in total. The first kappa shape index (κ1) is 24.3. The number of halogens is 1. The second-order valence-corrected chi connectivity index (χ2v) is 8.36. The molecule has 0 aliphatic heterocycles. The highest BCUT2D eigenvalue weighted by atomic mass is 19.1. The monoisotopic (exact) mass is 485 g/mol. The first-order chi connectivity index (χ1) is 16.9. The Balaban J connectivity index is 1.52. The maximum Gasteiger partial charge on any atom is 0.306 e. The summed E-state index contributed by atoms with van der Waals surface area (Å²) in [5.41, 5.74) is 1.41. The van der Waals surface area contributed by atoms with E-state index in [-0.39, 0.29) is 24.0 Å². The summed E-state index contributed by atoms with van der Waals surface area (Å²) in [7, 11) is 1.70. The largest absolute Gasteiger partial charge is 0.488 e. The molecule has 0 aromatic carbocycles. The van der Waals surface area contributed by atoms with Gasteiger partial charge in [-0.15, -0.1) is 5.10 Å². The Labute approximate surface area is 201 Å². The molecule has 4 rings (SSSR count). The number of hydrogen-bond acceptors (Lipinski definition) is 9. The highest BCUT2D eigenvalue weighted by molar-refractivity contribution is 5.70.